The summed E-state index contributed by atoms with van der Waals surface area (Å²) in [6, 6.07) is 9.28. The van der Waals surface area contributed by atoms with Crippen molar-refractivity contribution in [2.24, 2.45) is 17.8 Å². The first kappa shape index (κ1) is 35.2. The van der Waals surface area contributed by atoms with E-state index < -0.39 is 0 Å². The minimum absolute atomic E-state index is 0.165. The Labute approximate surface area is 292 Å². The van der Waals surface area contributed by atoms with Gasteiger partial charge in [0.25, 0.3) is 0 Å². The van der Waals surface area contributed by atoms with Crippen molar-refractivity contribution in [1.82, 2.24) is 0 Å². The average molecular weight is 657 g/mol. The van der Waals surface area contributed by atoms with Gasteiger partial charge in [0, 0.05) is 28.9 Å². The summed E-state index contributed by atoms with van der Waals surface area (Å²) in [4.78, 5) is 0. The molecule has 4 heteroatoms. The van der Waals surface area contributed by atoms with Crippen LogP contribution in [0.25, 0.3) is 0 Å². The van der Waals surface area contributed by atoms with Gasteiger partial charge in [-0.2, -0.15) is 0 Å². The largest absolute Gasteiger partial charge is 0.490 e. The van der Waals surface area contributed by atoms with Gasteiger partial charge < -0.3 is 18.9 Å². The molecule has 0 aromatic heterocycles. The minimum Gasteiger partial charge on any atom is -0.490 e. The lowest BCUT2D eigenvalue weighted by Crippen LogP contribution is -2.46. The second-order valence-electron chi connectivity index (χ2n) is 16.8. The molecule has 2 aromatic carbocycles. The number of unbranched alkanes of at least 4 members (excludes halogenated alkanes) is 4. The Morgan fingerprint density at radius 1 is 0.708 bits per heavy atom. The zero-order valence-electron chi connectivity index (χ0n) is 31.5. The molecule has 4 nitrogen and oxygen atoms in total. The van der Waals surface area contributed by atoms with Crippen LogP contribution < -0.4 is 18.9 Å². The number of benzene rings is 2. The highest BCUT2D eigenvalue weighted by molar-refractivity contribution is 5.55. The first-order valence-electron chi connectivity index (χ1n) is 19.6. The molecule has 1 fully saturated rings. The van der Waals surface area contributed by atoms with Crippen molar-refractivity contribution in [3.63, 3.8) is 0 Å². The SMILES string of the molecule is CCCCCc1cc(OCCOc2cc(CCCCC)cc3c2[C@@H]2C[C@@H](C)CC[C@H]2C(C)(C)O3)c2c(c1)OC(C)(C)[C@@H]1CCC(C)=C[C@@H]21. The molecule has 0 saturated heterocycles. The molecule has 48 heavy (non-hydrogen) atoms. The molecule has 2 aliphatic carbocycles. The quantitative estimate of drug-likeness (QED) is 0.159. The van der Waals surface area contributed by atoms with Crippen molar-refractivity contribution in [2.45, 2.75) is 162 Å². The smallest absolute Gasteiger partial charge is 0.127 e. The van der Waals surface area contributed by atoms with Crippen LogP contribution in [0.4, 0.5) is 0 Å². The topological polar surface area (TPSA) is 36.9 Å². The Bertz CT molecular complexity index is 1450. The molecule has 2 heterocycles. The van der Waals surface area contributed by atoms with E-state index in [1.807, 2.05) is 0 Å². The fourth-order valence-corrected chi connectivity index (χ4v) is 9.55. The van der Waals surface area contributed by atoms with Crippen molar-refractivity contribution in [3.8, 4) is 23.0 Å². The van der Waals surface area contributed by atoms with Crippen molar-refractivity contribution < 1.29 is 18.9 Å². The van der Waals surface area contributed by atoms with Gasteiger partial charge in [0.1, 0.15) is 47.4 Å². The van der Waals surface area contributed by atoms with Crippen molar-refractivity contribution in [1.29, 1.82) is 0 Å². The normalized spacial score (nSPS) is 26.5. The predicted octanol–water partition coefficient (Wildman–Crippen LogP) is 11.9. The maximum Gasteiger partial charge on any atom is 0.127 e. The minimum atomic E-state index is -0.205. The number of hydrogen-bond donors (Lipinski definition) is 0. The van der Waals surface area contributed by atoms with Crippen LogP contribution in [0.5, 0.6) is 23.0 Å². The molecular weight excluding hydrogens is 592 g/mol. The van der Waals surface area contributed by atoms with Crippen molar-refractivity contribution in [3.05, 3.63) is 58.2 Å². The van der Waals surface area contributed by atoms with Crippen LogP contribution in [-0.4, -0.2) is 24.4 Å². The Kier molecular flexibility index (Phi) is 10.8. The fraction of sp³-hybridized carbons (Fsp3) is 0.682. The Morgan fingerprint density at radius 2 is 1.27 bits per heavy atom. The molecular formula is C44H64O4. The van der Waals surface area contributed by atoms with Crippen LogP contribution in [0.15, 0.2) is 35.9 Å². The second-order valence-corrected chi connectivity index (χ2v) is 16.8. The van der Waals surface area contributed by atoms with E-state index in [0.29, 0.717) is 36.9 Å². The molecule has 1 saturated carbocycles. The molecule has 2 aliphatic heterocycles. The van der Waals surface area contributed by atoms with Gasteiger partial charge in [0.05, 0.1) is 0 Å². The Balaban J connectivity index is 1.27. The Morgan fingerprint density at radius 3 is 1.88 bits per heavy atom. The monoisotopic (exact) mass is 656 g/mol. The average Bonchev–Trinajstić information content (AvgIpc) is 3.02. The highest BCUT2D eigenvalue weighted by Crippen LogP contribution is 2.56. The van der Waals surface area contributed by atoms with E-state index in [2.05, 4.69) is 85.7 Å². The van der Waals surface area contributed by atoms with Crippen molar-refractivity contribution >= 4 is 0 Å². The molecule has 0 amide bonds. The van der Waals surface area contributed by atoms with Crippen molar-refractivity contribution in [2.75, 3.05) is 13.2 Å². The number of allylic oxidation sites excluding steroid dienone is 2. The summed E-state index contributed by atoms with van der Waals surface area (Å²) in [5.41, 5.74) is 6.30. The molecule has 0 N–H and O–H groups in total. The van der Waals surface area contributed by atoms with Crippen LogP contribution in [0.1, 0.15) is 160 Å². The van der Waals surface area contributed by atoms with Gasteiger partial charge in [-0.15, -0.1) is 0 Å². The molecule has 0 spiro atoms. The van der Waals surface area contributed by atoms with Crippen LogP contribution in [0.3, 0.4) is 0 Å². The molecule has 264 valence electrons. The van der Waals surface area contributed by atoms with Gasteiger partial charge in [-0.05, 0) is 133 Å². The summed E-state index contributed by atoms with van der Waals surface area (Å²) >= 11 is 0. The van der Waals surface area contributed by atoms with Crippen LogP contribution in [0.2, 0.25) is 0 Å². The molecule has 0 radical (unpaired) electrons. The molecule has 6 rings (SSSR count). The second kappa shape index (κ2) is 14.7. The lowest BCUT2D eigenvalue weighted by atomic mass is 9.64. The summed E-state index contributed by atoms with van der Waals surface area (Å²) in [5.74, 6) is 6.54. The summed E-state index contributed by atoms with van der Waals surface area (Å²) in [6.45, 7) is 19.4. The van der Waals surface area contributed by atoms with E-state index in [4.69, 9.17) is 18.9 Å². The third-order valence-corrected chi connectivity index (χ3v) is 12.2. The fourth-order valence-electron chi connectivity index (χ4n) is 9.55. The van der Waals surface area contributed by atoms with E-state index in [0.717, 1.165) is 54.6 Å². The maximum atomic E-state index is 6.85. The first-order valence-corrected chi connectivity index (χ1v) is 19.6. The molecule has 5 atom stereocenters. The summed E-state index contributed by atoms with van der Waals surface area (Å²) in [7, 11) is 0. The van der Waals surface area contributed by atoms with Crippen LogP contribution in [0, 0.1) is 17.8 Å². The molecule has 0 unspecified atom stereocenters. The molecule has 0 bridgehead atoms. The molecule has 2 aromatic rings. The number of rotatable bonds is 13. The van der Waals surface area contributed by atoms with E-state index in [1.165, 1.54) is 85.6 Å². The lowest BCUT2D eigenvalue weighted by Gasteiger charge is -2.49. The third-order valence-electron chi connectivity index (χ3n) is 12.2. The van der Waals surface area contributed by atoms with Gasteiger partial charge in [-0.3, -0.25) is 0 Å². The summed E-state index contributed by atoms with van der Waals surface area (Å²) in [5, 5.41) is 0. The summed E-state index contributed by atoms with van der Waals surface area (Å²) < 4.78 is 27.2. The number of fused-ring (bicyclic) bond motifs is 6. The van der Waals surface area contributed by atoms with Gasteiger partial charge in [-0.1, -0.05) is 64.5 Å². The van der Waals surface area contributed by atoms with Gasteiger partial charge in [0.15, 0.2) is 0 Å². The lowest BCUT2D eigenvalue weighted by molar-refractivity contribution is -0.0149. The van der Waals surface area contributed by atoms with Gasteiger partial charge in [-0.25, -0.2) is 0 Å². The van der Waals surface area contributed by atoms with Crippen LogP contribution in [-0.2, 0) is 12.8 Å². The molecule has 4 aliphatic rings. The zero-order valence-corrected chi connectivity index (χ0v) is 31.5. The standard InChI is InChI=1S/C44H64O4/c1-9-11-13-15-31-25-37(41-33-23-29(3)17-19-35(33)43(5,6)47-39(41)27-31)45-21-22-46-38-26-32(16-14-12-10-2)28-40-42(38)34-24-30(4)18-20-36(34)44(7,8)48-40/h23,25-28,30,33-36H,9-22,24H2,1-8H3/t30-,33+,34+,35+,36+/m0/s1. The Hall–Kier alpha value is -2.62. The van der Waals surface area contributed by atoms with Crippen LogP contribution >= 0.6 is 0 Å². The first-order chi connectivity index (χ1) is 23.0. The third kappa shape index (κ3) is 7.43. The van der Waals surface area contributed by atoms with Gasteiger partial charge >= 0.3 is 0 Å². The summed E-state index contributed by atoms with van der Waals surface area (Å²) in [6.07, 6.45) is 17.9. The van der Waals surface area contributed by atoms with E-state index in [-0.39, 0.29) is 11.2 Å². The predicted molar refractivity (Wildman–Crippen MR) is 198 cm³/mol. The highest BCUT2D eigenvalue weighted by atomic mass is 16.5. The van der Waals surface area contributed by atoms with E-state index >= 15 is 0 Å². The van der Waals surface area contributed by atoms with Gasteiger partial charge in [0.2, 0.25) is 0 Å². The number of aryl methyl sites for hydroxylation is 2. The van der Waals surface area contributed by atoms with E-state index in [1.54, 1.807) is 0 Å². The zero-order chi connectivity index (χ0) is 34.1. The maximum absolute atomic E-state index is 6.85. The number of ether oxygens (including phenoxy) is 4. The van der Waals surface area contributed by atoms with E-state index in [9.17, 15) is 0 Å². The highest BCUT2D eigenvalue weighted by Gasteiger charge is 2.48. The number of hydrogen-bond acceptors (Lipinski definition) is 4.